The second kappa shape index (κ2) is 5.72. The SMILES string of the molecule is C[C@H](C=CO[Si](C)(C)C)O[Si](C)(C)C(C)(C)C. The predicted octanol–water partition coefficient (Wildman–Crippen LogP) is 4.76. The van der Waals surface area contributed by atoms with E-state index in [4.69, 9.17) is 8.85 Å². The van der Waals surface area contributed by atoms with Crippen LogP contribution in [-0.4, -0.2) is 22.7 Å². The van der Waals surface area contributed by atoms with Gasteiger partial charge in [0.05, 0.1) is 12.4 Å². The monoisotopic (exact) mass is 274 g/mol. The zero-order chi connectivity index (χ0) is 13.9. The molecule has 0 aliphatic carbocycles. The largest absolute Gasteiger partial charge is 0.550 e. The zero-order valence-electron chi connectivity index (χ0n) is 13.0. The Morgan fingerprint density at radius 2 is 1.47 bits per heavy atom. The van der Waals surface area contributed by atoms with Crippen LogP contribution in [0.1, 0.15) is 27.7 Å². The minimum absolute atomic E-state index is 0.132. The average molecular weight is 275 g/mol. The van der Waals surface area contributed by atoms with Crippen LogP contribution in [0.5, 0.6) is 0 Å². The lowest BCUT2D eigenvalue weighted by Gasteiger charge is -2.37. The summed E-state index contributed by atoms with van der Waals surface area (Å²) in [5, 5.41) is 0.259. The molecule has 0 rings (SSSR count). The van der Waals surface area contributed by atoms with Gasteiger partial charge in [0, 0.05) is 0 Å². The fourth-order valence-electron chi connectivity index (χ4n) is 1.03. The highest BCUT2D eigenvalue weighted by atomic mass is 28.4. The molecule has 0 unspecified atom stereocenters. The van der Waals surface area contributed by atoms with Crippen molar-refractivity contribution in [2.24, 2.45) is 0 Å². The van der Waals surface area contributed by atoms with Crippen LogP contribution in [-0.2, 0) is 8.85 Å². The highest BCUT2D eigenvalue weighted by molar-refractivity contribution is 6.74. The molecule has 0 aromatic carbocycles. The Labute approximate surface area is 110 Å². The molecule has 2 nitrogen and oxygen atoms in total. The number of rotatable bonds is 5. The van der Waals surface area contributed by atoms with Crippen LogP contribution in [0, 0.1) is 0 Å². The molecule has 0 saturated heterocycles. The van der Waals surface area contributed by atoms with Crippen molar-refractivity contribution in [1.82, 2.24) is 0 Å². The zero-order valence-corrected chi connectivity index (χ0v) is 15.0. The van der Waals surface area contributed by atoms with Crippen LogP contribution >= 0.6 is 0 Å². The Bertz CT molecular complexity index is 260. The maximum absolute atomic E-state index is 6.20. The Hall–Kier alpha value is -0.0662. The molecule has 102 valence electrons. The van der Waals surface area contributed by atoms with E-state index in [-0.39, 0.29) is 11.1 Å². The van der Waals surface area contributed by atoms with Crippen molar-refractivity contribution in [2.75, 3.05) is 0 Å². The molecular weight excluding hydrogens is 244 g/mol. The van der Waals surface area contributed by atoms with Crippen LogP contribution in [0.25, 0.3) is 0 Å². The topological polar surface area (TPSA) is 18.5 Å². The standard InChI is InChI=1S/C13H30O2Si2/c1-12(10-11-14-16(5,6)7)15-17(8,9)13(2,3)4/h10-12H,1-9H3/t12-/m1/s1. The van der Waals surface area contributed by atoms with Crippen LogP contribution in [0.4, 0.5) is 0 Å². The molecule has 4 heteroatoms. The first-order valence-electron chi connectivity index (χ1n) is 6.37. The summed E-state index contributed by atoms with van der Waals surface area (Å²) >= 11 is 0. The molecule has 0 amide bonds. The minimum atomic E-state index is -1.66. The van der Waals surface area contributed by atoms with Gasteiger partial charge >= 0.3 is 0 Å². The average Bonchev–Trinajstić information content (AvgIpc) is 1.97. The van der Waals surface area contributed by atoms with Gasteiger partial charge in [-0.15, -0.1) is 0 Å². The third-order valence-electron chi connectivity index (χ3n) is 3.06. The van der Waals surface area contributed by atoms with Crippen LogP contribution in [0.3, 0.4) is 0 Å². The molecule has 17 heavy (non-hydrogen) atoms. The molecule has 0 spiro atoms. The van der Waals surface area contributed by atoms with Crippen molar-refractivity contribution in [3.63, 3.8) is 0 Å². The van der Waals surface area contributed by atoms with Gasteiger partial charge in [0.2, 0.25) is 8.32 Å². The van der Waals surface area contributed by atoms with Crippen molar-refractivity contribution >= 4 is 16.6 Å². The molecule has 0 N–H and O–H groups in total. The van der Waals surface area contributed by atoms with Crippen molar-refractivity contribution in [2.45, 2.75) is 71.6 Å². The summed E-state index contributed by atoms with van der Waals surface area (Å²) in [6.07, 6.45) is 3.98. The van der Waals surface area contributed by atoms with Crippen LogP contribution in [0.2, 0.25) is 37.8 Å². The van der Waals surface area contributed by atoms with E-state index < -0.39 is 16.6 Å². The molecule has 0 fully saturated rings. The Morgan fingerprint density at radius 3 is 1.82 bits per heavy atom. The van der Waals surface area contributed by atoms with Crippen molar-refractivity contribution in [3.05, 3.63) is 12.3 Å². The Morgan fingerprint density at radius 1 is 1.00 bits per heavy atom. The predicted molar refractivity (Wildman–Crippen MR) is 81.3 cm³/mol. The normalized spacial score (nSPS) is 16.3. The third kappa shape index (κ3) is 7.06. The van der Waals surface area contributed by atoms with Crippen LogP contribution < -0.4 is 0 Å². The Kier molecular flexibility index (Phi) is 5.69. The molecule has 0 aromatic heterocycles. The molecule has 0 aliphatic rings. The summed E-state index contributed by atoms with van der Waals surface area (Å²) in [6.45, 7) is 19.9. The second-order valence-electron chi connectivity index (χ2n) is 7.14. The van der Waals surface area contributed by atoms with E-state index in [2.05, 4.69) is 60.4 Å². The van der Waals surface area contributed by atoms with Gasteiger partial charge in [-0.1, -0.05) is 20.8 Å². The van der Waals surface area contributed by atoms with Gasteiger partial charge in [0.25, 0.3) is 0 Å². The maximum atomic E-state index is 6.20. The lowest BCUT2D eigenvalue weighted by molar-refractivity contribution is 0.240. The molecule has 1 atom stereocenters. The smallest absolute Gasteiger partial charge is 0.241 e. The van der Waals surface area contributed by atoms with Gasteiger partial charge in [0.15, 0.2) is 8.32 Å². The lowest BCUT2D eigenvalue weighted by Crippen LogP contribution is -2.42. The maximum Gasteiger partial charge on any atom is 0.241 e. The first-order chi connectivity index (χ1) is 7.35. The van der Waals surface area contributed by atoms with E-state index in [0.29, 0.717) is 0 Å². The van der Waals surface area contributed by atoms with Gasteiger partial charge in [-0.2, -0.15) is 0 Å². The van der Waals surface area contributed by atoms with Gasteiger partial charge in [0.1, 0.15) is 0 Å². The van der Waals surface area contributed by atoms with E-state index in [1.54, 1.807) is 0 Å². The van der Waals surface area contributed by atoms with Crippen LogP contribution in [0.15, 0.2) is 12.3 Å². The molecule has 0 saturated carbocycles. The molecule has 0 heterocycles. The molecule has 0 aromatic rings. The summed E-state index contributed by atoms with van der Waals surface area (Å²) in [5.74, 6) is 0. The van der Waals surface area contributed by atoms with Crippen molar-refractivity contribution in [3.8, 4) is 0 Å². The molecule has 0 radical (unpaired) electrons. The molecular formula is C13H30O2Si2. The van der Waals surface area contributed by atoms with E-state index in [0.717, 1.165) is 0 Å². The van der Waals surface area contributed by atoms with E-state index in [1.807, 2.05) is 12.3 Å². The first-order valence-corrected chi connectivity index (χ1v) is 12.7. The highest BCUT2D eigenvalue weighted by Gasteiger charge is 2.38. The summed E-state index contributed by atoms with van der Waals surface area (Å²) in [5.41, 5.74) is 0. The fourth-order valence-corrected chi connectivity index (χ4v) is 2.88. The fraction of sp³-hybridized carbons (Fsp3) is 0.846. The number of hydrogen-bond donors (Lipinski definition) is 0. The summed E-state index contributed by atoms with van der Waals surface area (Å²) in [7, 11) is -3.11. The quantitative estimate of drug-likeness (QED) is 0.531. The van der Waals surface area contributed by atoms with Gasteiger partial charge in [-0.3, -0.25) is 0 Å². The summed E-state index contributed by atoms with van der Waals surface area (Å²) in [6, 6.07) is 0. The first kappa shape index (κ1) is 16.9. The Balaban J connectivity index is 4.33. The van der Waals surface area contributed by atoms with E-state index >= 15 is 0 Å². The molecule has 0 bridgehead atoms. The van der Waals surface area contributed by atoms with E-state index in [9.17, 15) is 0 Å². The second-order valence-corrected chi connectivity index (χ2v) is 16.4. The highest BCUT2D eigenvalue weighted by Crippen LogP contribution is 2.37. The van der Waals surface area contributed by atoms with E-state index in [1.165, 1.54) is 0 Å². The summed E-state index contributed by atoms with van der Waals surface area (Å²) < 4.78 is 11.9. The number of hydrogen-bond acceptors (Lipinski definition) is 2. The van der Waals surface area contributed by atoms with Gasteiger partial charge < -0.3 is 8.85 Å². The van der Waals surface area contributed by atoms with Crippen molar-refractivity contribution in [1.29, 1.82) is 0 Å². The summed E-state index contributed by atoms with van der Waals surface area (Å²) in [4.78, 5) is 0. The lowest BCUT2D eigenvalue weighted by atomic mass is 10.2. The van der Waals surface area contributed by atoms with Gasteiger partial charge in [-0.05, 0) is 50.8 Å². The minimum Gasteiger partial charge on any atom is -0.550 e. The van der Waals surface area contributed by atoms with Gasteiger partial charge in [-0.25, -0.2) is 0 Å². The molecule has 0 aliphatic heterocycles. The third-order valence-corrected chi connectivity index (χ3v) is 8.47. The van der Waals surface area contributed by atoms with Crippen molar-refractivity contribution < 1.29 is 8.85 Å².